The van der Waals surface area contributed by atoms with Gasteiger partial charge in [-0.3, -0.25) is 0 Å². The number of rotatable bonds is 2. The van der Waals surface area contributed by atoms with Gasteiger partial charge in [0.15, 0.2) is 0 Å². The third-order valence-corrected chi connectivity index (χ3v) is 7.00. The van der Waals surface area contributed by atoms with Crippen LogP contribution in [-0.4, -0.2) is 36.3 Å². The van der Waals surface area contributed by atoms with Crippen molar-refractivity contribution in [2.24, 2.45) is 0 Å². The second-order valence-corrected chi connectivity index (χ2v) is 8.39. The molecule has 1 aliphatic rings. The molecule has 7 heteroatoms. The molecule has 2 N–H and O–H groups in total. The van der Waals surface area contributed by atoms with Gasteiger partial charge in [0.05, 0.1) is 5.69 Å². The summed E-state index contributed by atoms with van der Waals surface area (Å²) in [7, 11) is -3.59. The largest absolute Gasteiger partial charge is 0.398 e. The third kappa shape index (κ3) is 2.86. The molecule has 0 aliphatic carbocycles. The predicted molar refractivity (Wildman–Crippen MR) is 81.1 cm³/mol. The zero-order valence-electron chi connectivity index (χ0n) is 10.8. The van der Waals surface area contributed by atoms with Crippen LogP contribution in [0.4, 0.5) is 5.69 Å². The molecule has 1 saturated heterocycles. The van der Waals surface area contributed by atoms with E-state index < -0.39 is 10.0 Å². The molecular weight excluding hydrogens is 304 g/mol. The Kier molecular flexibility index (Phi) is 4.35. The lowest BCUT2D eigenvalue weighted by molar-refractivity contribution is 0.340. The number of sulfonamides is 1. The van der Waals surface area contributed by atoms with Gasteiger partial charge in [0.25, 0.3) is 0 Å². The van der Waals surface area contributed by atoms with Gasteiger partial charge in [-0.05, 0) is 25.1 Å². The molecule has 1 heterocycles. The normalized spacial score (nSPS) is 25.4. The van der Waals surface area contributed by atoms with E-state index in [1.807, 2.05) is 13.8 Å². The summed E-state index contributed by atoms with van der Waals surface area (Å²) in [6, 6.07) is 4.49. The van der Waals surface area contributed by atoms with E-state index in [0.717, 1.165) is 5.75 Å². The lowest BCUT2D eigenvalue weighted by Crippen LogP contribution is -2.47. The third-order valence-electron chi connectivity index (χ3n) is 3.39. The van der Waals surface area contributed by atoms with Crippen LogP contribution in [0.2, 0.25) is 5.02 Å². The Labute approximate surface area is 123 Å². The molecule has 2 unspecified atom stereocenters. The van der Waals surface area contributed by atoms with Crippen LogP contribution in [0.3, 0.4) is 0 Å². The highest BCUT2D eigenvalue weighted by Crippen LogP contribution is 2.32. The summed E-state index contributed by atoms with van der Waals surface area (Å²) in [4.78, 5) is 0.103. The number of anilines is 1. The maximum Gasteiger partial charge on any atom is 0.245 e. The quantitative estimate of drug-likeness (QED) is 0.850. The van der Waals surface area contributed by atoms with Crippen molar-refractivity contribution in [1.82, 2.24) is 4.31 Å². The fourth-order valence-electron chi connectivity index (χ4n) is 2.10. The minimum atomic E-state index is -3.59. The molecule has 0 radical (unpaired) electrons. The molecule has 2 atom stereocenters. The highest BCUT2D eigenvalue weighted by Gasteiger charge is 2.35. The van der Waals surface area contributed by atoms with Crippen LogP contribution >= 0.6 is 23.4 Å². The highest BCUT2D eigenvalue weighted by molar-refractivity contribution is 8.00. The minimum absolute atomic E-state index is 0.0536. The van der Waals surface area contributed by atoms with Gasteiger partial charge < -0.3 is 5.73 Å². The minimum Gasteiger partial charge on any atom is -0.398 e. The van der Waals surface area contributed by atoms with E-state index in [9.17, 15) is 8.42 Å². The van der Waals surface area contributed by atoms with Crippen molar-refractivity contribution in [1.29, 1.82) is 0 Å². The van der Waals surface area contributed by atoms with E-state index in [2.05, 4.69) is 0 Å². The lowest BCUT2D eigenvalue weighted by atomic mass is 10.2. The van der Waals surface area contributed by atoms with Crippen LogP contribution in [-0.2, 0) is 10.0 Å². The number of nitrogens with zero attached hydrogens (tertiary/aromatic N) is 1. The monoisotopic (exact) mass is 320 g/mol. The van der Waals surface area contributed by atoms with Gasteiger partial charge in [0.1, 0.15) is 4.90 Å². The molecule has 1 aromatic carbocycles. The molecule has 1 aromatic rings. The van der Waals surface area contributed by atoms with Crippen molar-refractivity contribution in [3.05, 3.63) is 23.2 Å². The van der Waals surface area contributed by atoms with Gasteiger partial charge >= 0.3 is 0 Å². The number of hydrogen-bond acceptors (Lipinski definition) is 4. The summed E-state index contributed by atoms with van der Waals surface area (Å²) in [5.74, 6) is 0.797. The van der Waals surface area contributed by atoms with Gasteiger partial charge in [-0.1, -0.05) is 18.5 Å². The summed E-state index contributed by atoms with van der Waals surface area (Å²) in [6.45, 7) is 4.47. The van der Waals surface area contributed by atoms with Gasteiger partial charge in [-0.25, -0.2) is 8.42 Å². The number of benzene rings is 1. The summed E-state index contributed by atoms with van der Waals surface area (Å²) in [5, 5.41) is 0.642. The number of halogens is 1. The van der Waals surface area contributed by atoms with E-state index in [4.69, 9.17) is 17.3 Å². The first-order valence-corrected chi connectivity index (χ1v) is 8.89. The van der Waals surface area contributed by atoms with Crippen molar-refractivity contribution >= 4 is 39.1 Å². The van der Waals surface area contributed by atoms with Crippen molar-refractivity contribution in [3.8, 4) is 0 Å². The molecule has 0 amide bonds. The second kappa shape index (κ2) is 5.52. The van der Waals surface area contributed by atoms with Crippen molar-refractivity contribution in [2.45, 2.75) is 30.0 Å². The van der Waals surface area contributed by atoms with Gasteiger partial charge in [0, 0.05) is 28.6 Å². The van der Waals surface area contributed by atoms with Gasteiger partial charge in [-0.15, -0.1) is 0 Å². The highest BCUT2D eigenvalue weighted by atomic mass is 35.5. The smallest absolute Gasteiger partial charge is 0.245 e. The van der Waals surface area contributed by atoms with Crippen molar-refractivity contribution in [2.75, 3.05) is 18.0 Å². The Bertz CT molecular complexity index is 577. The maximum atomic E-state index is 12.7. The van der Waals surface area contributed by atoms with Crippen LogP contribution < -0.4 is 5.73 Å². The Morgan fingerprint density at radius 2 is 2.11 bits per heavy atom. The Balaban J connectivity index is 2.44. The maximum absolute atomic E-state index is 12.7. The molecule has 2 rings (SSSR count). The van der Waals surface area contributed by atoms with E-state index in [1.54, 1.807) is 17.8 Å². The summed E-state index contributed by atoms with van der Waals surface area (Å²) < 4.78 is 26.9. The molecule has 0 spiro atoms. The van der Waals surface area contributed by atoms with Crippen LogP contribution in [0.25, 0.3) is 0 Å². The van der Waals surface area contributed by atoms with E-state index in [0.29, 0.717) is 11.6 Å². The Morgan fingerprint density at radius 3 is 2.79 bits per heavy atom. The average Bonchev–Trinajstić information content (AvgIpc) is 2.35. The van der Waals surface area contributed by atoms with Crippen molar-refractivity contribution in [3.63, 3.8) is 0 Å². The van der Waals surface area contributed by atoms with Crippen LogP contribution in [0.5, 0.6) is 0 Å². The molecule has 0 aromatic heterocycles. The van der Waals surface area contributed by atoms with Crippen LogP contribution in [0.1, 0.15) is 13.8 Å². The topological polar surface area (TPSA) is 63.4 Å². The molecule has 106 valence electrons. The SMILES string of the molecule is CC1SCCN(S(=O)(=O)c2cc(Cl)ccc2N)C1C. The molecule has 19 heavy (non-hydrogen) atoms. The molecule has 0 saturated carbocycles. The molecular formula is C12H17ClN2O2S2. The van der Waals surface area contributed by atoms with E-state index >= 15 is 0 Å². The standard InChI is InChI=1S/C12H17ClN2O2S2/c1-8-9(2)18-6-5-15(8)19(16,17)12-7-10(13)3-4-11(12)14/h3-4,7-9H,5-6,14H2,1-2H3. The Hall–Kier alpha value is -0.430. The van der Waals surface area contributed by atoms with Gasteiger partial charge in [-0.2, -0.15) is 16.1 Å². The molecule has 4 nitrogen and oxygen atoms in total. The summed E-state index contributed by atoms with van der Waals surface area (Å²) in [5.41, 5.74) is 6.03. The first-order chi connectivity index (χ1) is 8.84. The lowest BCUT2D eigenvalue weighted by Gasteiger charge is -2.36. The van der Waals surface area contributed by atoms with E-state index in [-0.39, 0.29) is 21.9 Å². The number of nitrogens with two attached hydrogens (primary N) is 1. The molecule has 1 fully saturated rings. The second-order valence-electron chi connectivity index (χ2n) is 4.61. The zero-order chi connectivity index (χ0) is 14.2. The zero-order valence-corrected chi connectivity index (χ0v) is 13.2. The predicted octanol–water partition coefficient (Wildman–Crippen LogP) is 2.44. The number of thioether (sulfide) groups is 1. The van der Waals surface area contributed by atoms with E-state index in [1.165, 1.54) is 16.4 Å². The first-order valence-electron chi connectivity index (χ1n) is 6.02. The van der Waals surface area contributed by atoms with Crippen LogP contribution in [0, 0.1) is 0 Å². The van der Waals surface area contributed by atoms with Crippen molar-refractivity contribution < 1.29 is 8.42 Å². The molecule has 1 aliphatic heterocycles. The summed E-state index contributed by atoms with van der Waals surface area (Å²) >= 11 is 7.67. The van der Waals surface area contributed by atoms with Crippen LogP contribution in [0.15, 0.2) is 23.1 Å². The Morgan fingerprint density at radius 1 is 1.42 bits per heavy atom. The number of hydrogen-bond donors (Lipinski definition) is 1. The number of nitrogen functional groups attached to an aromatic ring is 1. The first kappa shape index (κ1) is 15.0. The average molecular weight is 321 g/mol. The molecule has 0 bridgehead atoms. The fourth-order valence-corrected chi connectivity index (χ4v) is 5.48. The van der Waals surface area contributed by atoms with Gasteiger partial charge in [0.2, 0.25) is 10.0 Å². The summed E-state index contributed by atoms with van der Waals surface area (Å²) in [6.07, 6.45) is 0. The fraction of sp³-hybridized carbons (Fsp3) is 0.500.